The summed E-state index contributed by atoms with van der Waals surface area (Å²) in [5.74, 6) is 0.381. The Hall–Kier alpha value is -1.50. The molecule has 1 saturated carbocycles. The summed E-state index contributed by atoms with van der Waals surface area (Å²) in [5.41, 5.74) is 0.998. The van der Waals surface area contributed by atoms with Gasteiger partial charge in [0.2, 0.25) is 11.8 Å². The first-order valence-corrected chi connectivity index (χ1v) is 11.8. The molecule has 1 unspecified atom stereocenters. The SMILES string of the molecule is O=C(NCCCN1CCN(c2cccc(Cl)c2Cl)CC1)C1CCCN1C(=O)C1CC1. The molecule has 0 aromatic heterocycles. The van der Waals surface area contributed by atoms with Crippen LogP contribution in [0.1, 0.15) is 32.1 Å². The number of likely N-dealkylation sites (tertiary alicyclic amines) is 1. The minimum absolute atomic E-state index is 0.0157. The van der Waals surface area contributed by atoms with Gasteiger partial charge in [0.15, 0.2) is 0 Å². The van der Waals surface area contributed by atoms with E-state index in [1.807, 2.05) is 23.1 Å². The van der Waals surface area contributed by atoms with Gasteiger partial charge in [-0.1, -0.05) is 29.3 Å². The molecule has 3 aliphatic rings. The third-order valence-corrected chi connectivity index (χ3v) is 7.17. The zero-order valence-electron chi connectivity index (χ0n) is 17.3. The van der Waals surface area contributed by atoms with Gasteiger partial charge in [-0.2, -0.15) is 0 Å². The van der Waals surface area contributed by atoms with E-state index in [-0.39, 0.29) is 23.8 Å². The smallest absolute Gasteiger partial charge is 0.242 e. The van der Waals surface area contributed by atoms with E-state index in [1.54, 1.807) is 0 Å². The van der Waals surface area contributed by atoms with Crippen molar-refractivity contribution < 1.29 is 9.59 Å². The fraction of sp³-hybridized carbons (Fsp3) is 0.636. The van der Waals surface area contributed by atoms with E-state index in [2.05, 4.69) is 15.1 Å². The number of hydrogen-bond acceptors (Lipinski definition) is 4. The van der Waals surface area contributed by atoms with E-state index in [1.165, 1.54) is 0 Å². The number of amides is 2. The number of carbonyl (C=O) groups is 2. The molecule has 1 aliphatic carbocycles. The van der Waals surface area contributed by atoms with Crippen molar-refractivity contribution in [2.45, 2.75) is 38.1 Å². The molecule has 164 valence electrons. The standard InChI is InChI=1S/C22H30Cl2N4O2/c23-17-4-1-5-18(20(17)24)27-14-12-26(13-15-27)10-3-9-25-21(29)19-6-2-11-28(19)22(30)16-7-8-16/h1,4-5,16,19H,2-3,6-15H2,(H,25,29). The zero-order valence-corrected chi connectivity index (χ0v) is 18.8. The van der Waals surface area contributed by atoms with Gasteiger partial charge in [-0.3, -0.25) is 14.5 Å². The van der Waals surface area contributed by atoms with Gasteiger partial charge < -0.3 is 15.1 Å². The van der Waals surface area contributed by atoms with Crippen LogP contribution in [0.15, 0.2) is 18.2 Å². The Balaban J connectivity index is 1.16. The molecule has 1 atom stereocenters. The second-order valence-corrected chi connectivity index (χ2v) is 9.30. The van der Waals surface area contributed by atoms with Gasteiger partial charge >= 0.3 is 0 Å². The molecular weight excluding hydrogens is 423 g/mol. The zero-order chi connectivity index (χ0) is 21.1. The van der Waals surface area contributed by atoms with Gasteiger partial charge in [0.1, 0.15) is 6.04 Å². The Bertz CT molecular complexity index is 778. The molecule has 8 heteroatoms. The lowest BCUT2D eigenvalue weighted by Crippen LogP contribution is -2.48. The Morgan fingerprint density at radius 2 is 1.80 bits per heavy atom. The fourth-order valence-electron chi connectivity index (χ4n) is 4.45. The van der Waals surface area contributed by atoms with Crippen molar-refractivity contribution in [2.24, 2.45) is 5.92 Å². The number of piperazine rings is 1. The summed E-state index contributed by atoms with van der Waals surface area (Å²) in [6.45, 7) is 6.08. The first-order chi connectivity index (χ1) is 14.5. The molecular formula is C22H30Cl2N4O2. The van der Waals surface area contributed by atoms with Crippen LogP contribution in [0.2, 0.25) is 10.0 Å². The van der Waals surface area contributed by atoms with Crippen LogP contribution in [-0.4, -0.2) is 73.5 Å². The van der Waals surface area contributed by atoms with Crippen LogP contribution in [0.5, 0.6) is 0 Å². The van der Waals surface area contributed by atoms with E-state index in [0.29, 0.717) is 16.6 Å². The van der Waals surface area contributed by atoms with E-state index in [0.717, 1.165) is 77.1 Å². The second kappa shape index (κ2) is 9.75. The normalized spacial score (nSPS) is 22.4. The minimum atomic E-state index is -0.260. The van der Waals surface area contributed by atoms with E-state index in [9.17, 15) is 9.59 Å². The Labute approximate surface area is 188 Å². The molecule has 3 fully saturated rings. The third kappa shape index (κ3) is 5.04. The van der Waals surface area contributed by atoms with Crippen LogP contribution >= 0.6 is 23.2 Å². The van der Waals surface area contributed by atoms with E-state index < -0.39 is 0 Å². The summed E-state index contributed by atoms with van der Waals surface area (Å²) in [6, 6.07) is 5.50. The lowest BCUT2D eigenvalue weighted by Gasteiger charge is -2.36. The quantitative estimate of drug-likeness (QED) is 0.645. The topological polar surface area (TPSA) is 55.9 Å². The third-order valence-electron chi connectivity index (χ3n) is 6.36. The molecule has 1 aromatic rings. The predicted molar refractivity (Wildman–Crippen MR) is 120 cm³/mol. The highest BCUT2D eigenvalue weighted by Crippen LogP contribution is 2.34. The molecule has 0 bridgehead atoms. The maximum atomic E-state index is 12.6. The molecule has 1 aromatic carbocycles. The second-order valence-electron chi connectivity index (χ2n) is 8.51. The van der Waals surface area contributed by atoms with Crippen LogP contribution in [-0.2, 0) is 9.59 Å². The van der Waals surface area contributed by atoms with Crippen LogP contribution in [0.3, 0.4) is 0 Å². The average molecular weight is 453 g/mol. The highest BCUT2D eigenvalue weighted by atomic mass is 35.5. The van der Waals surface area contributed by atoms with Crippen molar-refractivity contribution in [2.75, 3.05) is 50.7 Å². The Kier molecular flexibility index (Phi) is 7.06. The molecule has 4 rings (SSSR count). The highest BCUT2D eigenvalue weighted by Gasteiger charge is 2.40. The van der Waals surface area contributed by atoms with Crippen LogP contribution in [0.25, 0.3) is 0 Å². The minimum Gasteiger partial charge on any atom is -0.368 e. The maximum Gasteiger partial charge on any atom is 0.242 e. The van der Waals surface area contributed by atoms with Gasteiger partial charge in [0, 0.05) is 45.2 Å². The number of rotatable bonds is 7. The molecule has 2 amide bonds. The molecule has 1 N–H and O–H groups in total. The summed E-state index contributed by atoms with van der Waals surface area (Å²) in [5, 5.41) is 4.27. The number of halogens is 2. The van der Waals surface area contributed by atoms with Crippen LogP contribution in [0.4, 0.5) is 5.69 Å². The lowest BCUT2D eigenvalue weighted by atomic mass is 10.2. The number of anilines is 1. The summed E-state index contributed by atoms with van der Waals surface area (Å²) in [6.07, 6.45) is 4.60. The van der Waals surface area contributed by atoms with Gasteiger partial charge in [-0.15, -0.1) is 0 Å². The monoisotopic (exact) mass is 452 g/mol. The van der Waals surface area contributed by atoms with E-state index >= 15 is 0 Å². The van der Waals surface area contributed by atoms with Crippen molar-refractivity contribution in [1.29, 1.82) is 0 Å². The summed E-state index contributed by atoms with van der Waals surface area (Å²) in [4.78, 5) is 31.4. The summed E-state index contributed by atoms with van der Waals surface area (Å²) < 4.78 is 0. The van der Waals surface area contributed by atoms with Crippen molar-refractivity contribution in [3.05, 3.63) is 28.2 Å². The van der Waals surface area contributed by atoms with Gasteiger partial charge in [-0.25, -0.2) is 0 Å². The molecule has 2 heterocycles. The Morgan fingerprint density at radius 1 is 1.03 bits per heavy atom. The number of nitrogens with one attached hydrogen (secondary N) is 1. The first kappa shape index (κ1) is 21.7. The molecule has 2 aliphatic heterocycles. The Morgan fingerprint density at radius 3 is 2.53 bits per heavy atom. The van der Waals surface area contributed by atoms with E-state index in [4.69, 9.17) is 23.2 Å². The van der Waals surface area contributed by atoms with Crippen molar-refractivity contribution >= 4 is 40.7 Å². The van der Waals surface area contributed by atoms with Crippen LogP contribution in [0, 0.1) is 5.92 Å². The summed E-state index contributed by atoms with van der Waals surface area (Å²) in [7, 11) is 0. The van der Waals surface area contributed by atoms with Gasteiger partial charge in [0.05, 0.1) is 15.7 Å². The first-order valence-electron chi connectivity index (χ1n) is 11.0. The van der Waals surface area contributed by atoms with Gasteiger partial charge in [-0.05, 0) is 50.8 Å². The molecule has 0 radical (unpaired) electrons. The molecule has 2 saturated heterocycles. The predicted octanol–water partition coefficient (Wildman–Crippen LogP) is 3.02. The number of benzene rings is 1. The number of nitrogens with zero attached hydrogens (tertiary/aromatic N) is 3. The van der Waals surface area contributed by atoms with Crippen molar-refractivity contribution in [3.8, 4) is 0 Å². The lowest BCUT2D eigenvalue weighted by molar-refractivity contribution is -0.139. The molecule has 0 spiro atoms. The maximum absolute atomic E-state index is 12.6. The average Bonchev–Trinajstić information content (AvgIpc) is 3.49. The van der Waals surface area contributed by atoms with Gasteiger partial charge in [0.25, 0.3) is 0 Å². The molecule has 30 heavy (non-hydrogen) atoms. The fourth-order valence-corrected chi connectivity index (χ4v) is 4.86. The molecule has 6 nitrogen and oxygen atoms in total. The largest absolute Gasteiger partial charge is 0.368 e. The number of carbonyl (C=O) groups excluding carboxylic acids is 2. The summed E-state index contributed by atoms with van der Waals surface area (Å²) >= 11 is 12.5. The van der Waals surface area contributed by atoms with Crippen molar-refractivity contribution in [1.82, 2.24) is 15.1 Å². The van der Waals surface area contributed by atoms with Crippen molar-refractivity contribution in [3.63, 3.8) is 0 Å². The highest BCUT2D eigenvalue weighted by molar-refractivity contribution is 6.43. The van der Waals surface area contributed by atoms with Crippen LogP contribution < -0.4 is 10.2 Å². The number of hydrogen-bond donors (Lipinski definition) is 1.